The number of nitrogens with zero attached hydrogens (tertiary/aromatic N) is 2. The molecule has 0 aliphatic rings. The molecule has 108 valence electrons. The monoisotopic (exact) mass is 384 g/mol. The molecule has 1 heterocycles. The Balaban J connectivity index is 2.06. The summed E-state index contributed by atoms with van der Waals surface area (Å²) in [6.45, 7) is 1.91. The van der Waals surface area contributed by atoms with Crippen molar-refractivity contribution in [3.05, 3.63) is 46.4 Å². The normalized spacial score (nSPS) is 11.7. The summed E-state index contributed by atoms with van der Waals surface area (Å²) in [5.74, 6) is 0.237. The van der Waals surface area contributed by atoms with Crippen molar-refractivity contribution in [3.8, 4) is 5.75 Å². The maximum Gasteiger partial charge on any atom is 0.341 e. The third-order valence-corrected chi connectivity index (χ3v) is 5.23. The van der Waals surface area contributed by atoms with Crippen molar-refractivity contribution < 1.29 is 12.6 Å². The number of rotatable bonds is 3. The van der Waals surface area contributed by atoms with Crippen molar-refractivity contribution in [2.75, 3.05) is 0 Å². The fourth-order valence-corrected chi connectivity index (χ4v) is 4.21. The van der Waals surface area contributed by atoms with Crippen molar-refractivity contribution in [3.63, 3.8) is 0 Å². The van der Waals surface area contributed by atoms with E-state index in [9.17, 15) is 8.42 Å². The van der Waals surface area contributed by atoms with Gasteiger partial charge in [0, 0.05) is 0 Å². The first kappa shape index (κ1) is 14.4. The van der Waals surface area contributed by atoms with Gasteiger partial charge in [-0.3, -0.25) is 0 Å². The second kappa shape index (κ2) is 5.36. The van der Waals surface area contributed by atoms with Gasteiger partial charge in [0.2, 0.25) is 0 Å². The molecule has 0 atom stereocenters. The zero-order valence-corrected chi connectivity index (χ0v) is 14.0. The van der Waals surface area contributed by atoms with E-state index in [0.29, 0.717) is 15.5 Å². The number of aromatic nitrogens is 2. The molecular formula is C13H9BrN2O3S2. The molecule has 5 nitrogen and oxygen atoms in total. The summed E-state index contributed by atoms with van der Waals surface area (Å²) in [5.41, 5.74) is 1.86. The van der Waals surface area contributed by atoms with E-state index in [1.165, 1.54) is 6.07 Å². The molecule has 8 heteroatoms. The van der Waals surface area contributed by atoms with Crippen molar-refractivity contribution in [2.45, 2.75) is 11.8 Å². The van der Waals surface area contributed by atoms with Crippen LogP contribution in [0.1, 0.15) is 5.56 Å². The molecule has 0 radical (unpaired) electrons. The average Bonchev–Trinajstić information content (AvgIpc) is 2.90. The van der Waals surface area contributed by atoms with Crippen LogP contribution in [0.3, 0.4) is 0 Å². The first-order valence-corrected chi connectivity index (χ1v) is 8.82. The molecule has 0 aliphatic heterocycles. The Bertz CT molecular complexity index is 922. The molecule has 0 saturated heterocycles. The third-order valence-electron chi connectivity index (χ3n) is 2.81. The molecule has 0 unspecified atom stereocenters. The average molecular weight is 385 g/mol. The third kappa shape index (κ3) is 2.78. The van der Waals surface area contributed by atoms with E-state index >= 15 is 0 Å². The molecular weight excluding hydrogens is 376 g/mol. The zero-order valence-electron chi connectivity index (χ0n) is 10.8. The minimum atomic E-state index is -3.97. The second-order valence-electron chi connectivity index (χ2n) is 4.36. The number of hydrogen-bond acceptors (Lipinski definition) is 6. The fourth-order valence-electron chi connectivity index (χ4n) is 1.82. The highest BCUT2D eigenvalue weighted by Gasteiger charge is 2.22. The van der Waals surface area contributed by atoms with Crippen LogP contribution in [0, 0.1) is 6.92 Å². The summed E-state index contributed by atoms with van der Waals surface area (Å²) in [6.07, 6.45) is 0. The van der Waals surface area contributed by atoms with Gasteiger partial charge in [0.1, 0.15) is 15.9 Å². The summed E-state index contributed by atoms with van der Waals surface area (Å²) in [7, 11) is -3.97. The lowest BCUT2D eigenvalue weighted by Crippen LogP contribution is -2.10. The Morgan fingerprint density at radius 2 is 2.00 bits per heavy atom. The van der Waals surface area contributed by atoms with Gasteiger partial charge in [-0.15, -0.1) is 0 Å². The highest BCUT2D eigenvalue weighted by molar-refractivity contribution is 9.10. The SMILES string of the molecule is Cc1ccc(OS(=O)(=O)c2cccc3nsnc23)c(Br)c1. The molecule has 0 saturated carbocycles. The van der Waals surface area contributed by atoms with Gasteiger partial charge in [0.15, 0.2) is 5.75 Å². The predicted octanol–water partition coefficient (Wildman–Crippen LogP) is 3.53. The Morgan fingerprint density at radius 1 is 1.19 bits per heavy atom. The predicted molar refractivity (Wildman–Crippen MR) is 84.1 cm³/mol. The van der Waals surface area contributed by atoms with E-state index in [1.807, 2.05) is 6.92 Å². The summed E-state index contributed by atoms with van der Waals surface area (Å²) in [5, 5.41) is 0. The molecule has 2 aromatic carbocycles. The Morgan fingerprint density at radius 3 is 2.76 bits per heavy atom. The number of hydrogen-bond donors (Lipinski definition) is 0. The Hall–Kier alpha value is -1.51. The molecule has 0 amide bonds. The number of benzene rings is 2. The van der Waals surface area contributed by atoms with Crippen LogP contribution < -0.4 is 4.18 Å². The summed E-state index contributed by atoms with van der Waals surface area (Å²) in [6, 6.07) is 9.96. The molecule has 0 bridgehead atoms. The Labute approximate surface area is 134 Å². The van der Waals surface area contributed by atoms with Crippen LogP contribution >= 0.6 is 27.7 Å². The topological polar surface area (TPSA) is 69.2 Å². The molecule has 0 fully saturated rings. The molecule has 0 spiro atoms. The van der Waals surface area contributed by atoms with E-state index < -0.39 is 10.1 Å². The largest absolute Gasteiger partial charge is 0.378 e. The van der Waals surface area contributed by atoms with E-state index in [4.69, 9.17) is 4.18 Å². The van der Waals surface area contributed by atoms with Gasteiger partial charge in [0.25, 0.3) is 0 Å². The van der Waals surface area contributed by atoms with E-state index in [2.05, 4.69) is 24.7 Å². The maximum absolute atomic E-state index is 12.4. The Kier molecular flexibility index (Phi) is 3.68. The van der Waals surface area contributed by atoms with Gasteiger partial charge in [-0.25, -0.2) is 0 Å². The van der Waals surface area contributed by atoms with Crippen LogP contribution in [0.25, 0.3) is 11.0 Å². The van der Waals surface area contributed by atoms with Crippen LogP contribution in [-0.2, 0) is 10.1 Å². The fraction of sp³-hybridized carbons (Fsp3) is 0.0769. The van der Waals surface area contributed by atoms with E-state index in [0.717, 1.165) is 17.3 Å². The van der Waals surface area contributed by atoms with Crippen LogP contribution in [-0.4, -0.2) is 17.2 Å². The van der Waals surface area contributed by atoms with Crippen LogP contribution in [0.5, 0.6) is 5.75 Å². The van der Waals surface area contributed by atoms with Gasteiger partial charge in [0.05, 0.1) is 16.2 Å². The van der Waals surface area contributed by atoms with Gasteiger partial charge < -0.3 is 4.18 Å². The molecule has 3 aromatic rings. The standard InChI is InChI=1S/C13H9BrN2O3S2/c1-8-5-6-11(9(14)7-8)19-21(17,18)12-4-2-3-10-13(12)16-20-15-10/h2-7H,1H3. The highest BCUT2D eigenvalue weighted by atomic mass is 79.9. The smallest absolute Gasteiger partial charge is 0.341 e. The first-order chi connectivity index (χ1) is 9.97. The molecule has 1 aromatic heterocycles. The highest BCUT2D eigenvalue weighted by Crippen LogP contribution is 2.30. The molecule has 21 heavy (non-hydrogen) atoms. The minimum Gasteiger partial charge on any atom is -0.378 e. The summed E-state index contributed by atoms with van der Waals surface area (Å²) in [4.78, 5) is 0.0150. The minimum absolute atomic E-state index is 0.0150. The number of aryl methyl sites for hydroxylation is 1. The van der Waals surface area contributed by atoms with E-state index in [1.54, 1.807) is 30.3 Å². The van der Waals surface area contributed by atoms with Gasteiger partial charge in [-0.05, 0) is 52.7 Å². The summed E-state index contributed by atoms with van der Waals surface area (Å²) >= 11 is 4.26. The van der Waals surface area contributed by atoms with Crippen molar-refractivity contribution in [2.24, 2.45) is 0 Å². The van der Waals surface area contributed by atoms with Crippen LogP contribution in [0.2, 0.25) is 0 Å². The number of halogens is 1. The van der Waals surface area contributed by atoms with Crippen molar-refractivity contribution in [1.29, 1.82) is 0 Å². The second-order valence-corrected chi connectivity index (χ2v) is 7.26. The van der Waals surface area contributed by atoms with Gasteiger partial charge in [-0.2, -0.15) is 17.2 Å². The lowest BCUT2D eigenvalue weighted by Gasteiger charge is -2.09. The zero-order chi connectivity index (χ0) is 15.0. The first-order valence-electron chi connectivity index (χ1n) is 5.89. The van der Waals surface area contributed by atoms with Crippen LogP contribution in [0.15, 0.2) is 45.8 Å². The summed E-state index contributed by atoms with van der Waals surface area (Å²) < 4.78 is 38.7. The van der Waals surface area contributed by atoms with Gasteiger partial charge in [-0.1, -0.05) is 12.1 Å². The number of fused-ring (bicyclic) bond motifs is 1. The maximum atomic E-state index is 12.4. The molecule has 0 N–H and O–H groups in total. The van der Waals surface area contributed by atoms with Crippen LogP contribution in [0.4, 0.5) is 0 Å². The lowest BCUT2D eigenvalue weighted by atomic mass is 10.2. The van der Waals surface area contributed by atoms with Crippen molar-refractivity contribution >= 4 is 48.8 Å². The molecule has 0 aliphatic carbocycles. The quantitative estimate of drug-likeness (QED) is 0.646. The van der Waals surface area contributed by atoms with Crippen molar-refractivity contribution in [1.82, 2.24) is 8.75 Å². The van der Waals surface area contributed by atoms with E-state index in [-0.39, 0.29) is 10.6 Å². The van der Waals surface area contributed by atoms with Gasteiger partial charge >= 0.3 is 10.1 Å². The molecule has 3 rings (SSSR count). The lowest BCUT2D eigenvalue weighted by molar-refractivity contribution is 0.485.